The molecule has 1 amide bonds. The fourth-order valence-electron chi connectivity index (χ4n) is 2.64. The molecule has 1 aromatic heterocycles. The Morgan fingerprint density at radius 1 is 1.38 bits per heavy atom. The average molecular weight is 295 g/mol. The average Bonchev–Trinajstić information content (AvgIpc) is 2.41. The van der Waals surface area contributed by atoms with E-state index in [-0.39, 0.29) is 5.56 Å². The molecular formula is C13H17N3O5. The van der Waals surface area contributed by atoms with Crippen molar-refractivity contribution in [3.05, 3.63) is 32.6 Å². The van der Waals surface area contributed by atoms with Crippen LogP contribution in [0.2, 0.25) is 0 Å². The molecule has 2 unspecified atom stereocenters. The molecule has 1 aliphatic rings. The molecule has 1 fully saturated rings. The van der Waals surface area contributed by atoms with Gasteiger partial charge >= 0.3 is 11.7 Å². The molecule has 4 N–H and O–H groups in total. The summed E-state index contributed by atoms with van der Waals surface area (Å²) >= 11 is 0. The normalized spacial score (nSPS) is 25.3. The van der Waals surface area contributed by atoms with Gasteiger partial charge in [0.05, 0.1) is 5.41 Å². The van der Waals surface area contributed by atoms with Crippen LogP contribution in [0, 0.1) is 5.41 Å². The van der Waals surface area contributed by atoms with Gasteiger partial charge in [-0.1, -0.05) is 12.8 Å². The van der Waals surface area contributed by atoms with Crippen LogP contribution in [0.3, 0.4) is 0 Å². The zero-order valence-electron chi connectivity index (χ0n) is 11.6. The molecule has 2 atom stereocenters. The highest BCUT2D eigenvalue weighted by Gasteiger charge is 2.44. The molecule has 21 heavy (non-hydrogen) atoms. The molecular weight excluding hydrogens is 278 g/mol. The van der Waals surface area contributed by atoms with Crippen LogP contribution in [-0.4, -0.2) is 33.0 Å². The van der Waals surface area contributed by atoms with Crippen LogP contribution in [0.25, 0.3) is 0 Å². The number of carboxylic acid groups (broad SMARTS) is 1. The van der Waals surface area contributed by atoms with E-state index in [1.807, 2.05) is 4.98 Å². The Balaban J connectivity index is 2.23. The van der Waals surface area contributed by atoms with E-state index in [0.29, 0.717) is 12.8 Å². The summed E-state index contributed by atoms with van der Waals surface area (Å²) in [5.74, 6) is -1.66. The van der Waals surface area contributed by atoms with Crippen LogP contribution in [0.1, 0.15) is 43.0 Å². The van der Waals surface area contributed by atoms with Crippen LogP contribution < -0.4 is 16.6 Å². The molecule has 0 aliphatic heterocycles. The number of hydrogen-bond acceptors (Lipinski definition) is 4. The van der Waals surface area contributed by atoms with Crippen LogP contribution >= 0.6 is 0 Å². The van der Waals surface area contributed by atoms with Gasteiger partial charge in [-0.3, -0.25) is 19.4 Å². The van der Waals surface area contributed by atoms with Gasteiger partial charge in [-0.05, 0) is 19.8 Å². The highest BCUT2D eigenvalue weighted by molar-refractivity contribution is 5.94. The highest BCUT2D eigenvalue weighted by atomic mass is 16.4. The van der Waals surface area contributed by atoms with Gasteiger partial charge in [0, 0.05) is 12.2 Å². The number of aromatic nitrogens is 2. The molecule has 0 radical (unpaired) electrons. The van der Waals surface area contributed by atoms with Gasteiger partial charge in [0.25, 0.3) is 11.5 Å². The van der Waals surface area contributed by atoms with Crippen molar-refractivity contribution in [1.82, 2.24) is 15.3 Å². The lowest BCUT2D eigenvalue weighted by molar-refractivity contribution is -0.151. The predicted octanol–water partition coefficient (Wildman–Crippen LogP) is -0.174. The zero-order valence-corrected chi connectivity index (χ0v) is 11.6. The second kappa shape index (κ2) is 5.55. The number of aromatic amines is 2. The van der Waals surface area contributed by atoms with Crippen LogP contribution in [0.5, 0.6) is 0 Å². The lowest BCUT2D eigenvalue weighted by Crippen LogP contribution is -2.52. The first-order valence-corrected chi connectivity index (χ1v) is 6.71. The zero-order chi connectivity index (χ0) is 15.6. The third kappa shape index (κ3) is 2.88. The van der Waals surface area contributed by atoms with Crippen molar-refractivity contribution in [2.45, 2.75) is 38.6 Å². The molecule has 1 aromatic rings. The Labute approximate surface area is 119 Å². The van der Waals surface area contributed by atoms with Gasteiger partial charge in [0.2, 0.25) is 0 Å². The number of aliphatic carboxylic acids is 1. The first kappa shape index (κ1) is 15.0. The molecule has 1 heterocycles. The van der Waals surface area contributed by atoms with E-state index in [4.69, 9.17) is 0 Å². The Morgan fingerprint density at radius 3 is 2.71 bits per heavy atom. The first-order chi connectivity index (χ1) is 9.84. The molecule has 8 nitrogen and oxygen atoms in total. The molecule has 0 bridgehead atoms. The maximum absolute atomic E-state index is 12.1. The van der Waals surface area contributed by atoms with Crippen molar-refractivity contribution >= 4 is 11.9 Å². The maximum Gasteiger partial charge on any atom is 0.325 e. The largest absolute Gasteiger partial charge is 0.481 e. The van der Waals surface area contributed by atoms with Gasteiger partial charge in [-0.2, -0.15) is 0 Å². The third-order valence-electron chi connectivity index (χ3n) is 4.07. The first-order valence-electron chi connectivity index (χ1n) is 6.71. The summed E-state index contributed by atoms with van der Waals surface area (Å²) in [5.41, 5.74) is -2.80. The van der Waals surface area contributed by atoms with E-state index in [2.05, 4.69) is 10.3 Å². The molecule has 1 aliphatic carbocycles. The van der Waals surface area contributed by atoms with Crippen molar-refractivity contribution in [3.63, 3.8) is 0 Å². The van der Waals surface area contributed by atoms with Gasteiger partial charge in [-0.15, -0.1) is 0 Å². The van der Waals surface area contributed by atoms with Gasteiger partial charge in [-0.25, -0.2) is 4.79 Å². The summed E-state index contributed by atoms with van der Waals surface area (Å²) in [6, 6.07) is -0.553. The number of carbonyl (C=O) groups excluding carboxylic acids is 1. The second-order valence-corrected chi connectivity index (χ2v) is 5.48. The minimum Gasteiger partial charge on any atom is -0.481 e. The summed E-state index contributed by atoms with van der Waals surface area (Å²) in [7, 11) is 0. The number of rotatable bonds is 3. The number of H-pyrrole nitrogens is 2. The predicted molar refractivity (Wildman–Crippen MR) is 73.1 cm³/mol. The van der Waals surface area contributed by atoms with E-state index in [1.165, 1.54) is 0 Å². The molecule has 1 saturated carbocycles. The van der Waals surface area contributed by atoms with Crippen molar-refractivity contribution < 1.29 is 14.7 Å². The Morgan fingerprint density at radius 2 is 2.10 bits per heavy atom. The Bertz CT molecular complexity index is 677. The topological polar surface area (TPSA) is 132 Å². The molecule has 0 spiro atoms. The highest BCUT2D eigenvalue weighted by Crippen LogP contribution is 2.36. The van der Waals surface area contributed by atoms with Gasteiger partial charge < -0.3 is 15.4 Å². The minimum atomic E-state index is -1.05. The monoisotopic (exact) mass is 295 g/mol. The summed E-state index contributed by atoms with van der Waals surface area (Å²) < 4.78 is 0. The van der Waals surface area contributed by atoms with E-state index in [0.717, 1.165) is 19.0 Å². The van der Waals surface area contributed by atoms with E-state index < -0.39 is 34.6 Å². The molecule has 0 saturated heterocycles. The number of hydrogen-bond donors (Lipinski definition) is 4. The fourth-order valence-corrected chi connectivity index (χ4v) is 2.64. The fraction of sp³-hybridized carbons (Fsp3) is 0.538. The van der Waals surface area contributed by atoms with Gasteiger partial charge in [0.1, 0.15) is 5.56 Å². The van der Waals surface area contributed by atoms with E-state index in [9.17, 15) is 24.3 Å². The van der Waals surface area contributed by atoms with Gasteiger partial charge in [0.15, 0.2) is 0 Å². The quantitative estimate of drug-likeness (QED) is 0.614. The van der Waals surface area contributed by atoms with Crippen molar-refractivity contribution in [1.29, 1.82) is 0 Å². The molecule has 2 rings (SSSR count). The summed E-state index contributed by atoms with van der Waals surface area (Å²) in [5, 5.41) is 12.0. The minimum absolute atomic E-state index is 0.243. The smallest absolute Gasteiger partial charge is 0.325 e. The number of nitrogens with one attached hydrogen (secondary N) is 3. The summed E-state index contributed by atoms with van der Waals surface area (Å²) in [6.07, 6.45) is 3.63. The standard InChI is InChI=1S/C13H17N3O5/c1-13(11(19)20)5-3-2-4-8(13)15-9(17)7-6-14-12(21)16-10(7)18/h6,8H,2-5H2,1H3,(H,15,17)(H,19,20)(H2,14,16,18,21). The second-order valence-electron chi connectivity index (χ2n) is 5.48. The van der Waals surface area contributed by atoms with Crippen molar-refractivity contribution in [2.75, 3.05) is 0 Å². The van der Waals surface area contributed by atoms with Crippen LogP contribution in [0.15, 0.2) is 15.8 Å². The number of carbonyl (C=O) groups is 2. The molecule has 114 valence electrons. The van der Waals surface area contributed by atoms with Crippen molar-refractivity contribution in [2.24, 2.45) is 5.41 Å². The lowest BCUT2D eigenvalue weighted by Gasteiger charge is -2.38. The lowest BCUT2D eigenvalue weighted by atomic mass is 9.71. The van der Waals surface area contributed by atoms with Crippen LogP contribution in [0.4, 0.5) is 0 Å². The Hall–Kier alpha value is -2.38. The number of amides is 1. The van der Waals surface area contributed by atoms with E-state index >= 15 is 0 Å². The maximum atomic E-state index is 12.1. The summed E-state index contributed by atoms with van der Waals surface area (Å²) in [6.45, 7) is 1.59. The Kier molecular flexibility index (Phi) is 3.97. The van der Waals surface area contributed by atoms with Crippen LogP contribution in [-0.2, 0) is 4.79 Å². The van der Waals surface area contributed by atoms with E-state index in [1.54, 1.807) is 6.92 Å². The SMILES string of the molecule is CC1(C(=O)O)CCCCC1NC(=O)c1c[nH]c(=O)[nH]c1=O. The third-order valence-corrected chi connectivity index (χ3v) is 4.07. The summed E-state index contributed by atoms with van der Waals surface area (Å²) in [4.78, 5) is 50.2. The molecule has 0 aromatic carbocycles. The van der Waals surface area contributed by atoms with Crippen molar-refractivity contribution in [3.8, 4) is 0 Å². The number of carboxylic acids is 1. The molecule has 8 heteroatoms.